The summed E-state index contributed by atoms with van der Waals surface area (Å²) in [6.45, 7) is 7.64. The maximum absolute atomic E-state index is 13.0. The van der Waals surface area contributed by atoms with Crippen molar-refractivity contribution in [1.82, 2.24) is 24.8 Å². The first-order chi connectivity index (χ1) is 19.0. The molecule has 2 atom stereocenters. The maximum atomic E-state index is 13.0. The molecule has 7 nitrogen and oxygen atoms in total. The minimum Gasteiger partial charge on any atom is -0.352 e. The first-order valence-corrected chi connectivity index (χ1v) is 13.8. The van der Waals surface area contributed by atoms with Crippen molar-refractivity contribution in [1.29, 1.82) is 0 Å². The normalized spacial score (nSPS) is 16.8. The lowest BCUT2D eigenvalue weighted by atomic mass is 9.96. The Morgan fingerprint density at radius 3 is 2.56 bits per heavy atom. The van der Waals surface area contributed by atoms with Crippen LogP contribution in [0.15, 0.2) is 79.3 Å². The average Bonchev–Trinajstić information content (AvgIpc) is 3.43. The molecule has 0 radical (unpaired) electrons. The number of aromatic nitrogens is 3. The molecule has 4 aromatic rings. The van der Waals surface area contributed by atoms with Crippen molar-refractivity contribution in [2.75, 3.05) is 11.9 Å². The van der Waals surface area contributed by atoms with Crippen LogP contribution in [0, 0.1) is 13.8 Å². The van der Waals surface area contributed by atoms with Crippen molar-refractivity contribution in [2.45, 2.75) is 52.2 Å². The number of pyridine rings is 2. The highest BCUT2D eigenvalue weighted by Crippen LogP contribution is 2.41. The minimum atomic E-state index is -0.127. The van der Waals surface area contributed by atoms with Gasteiger partial charge in [0.25, 0.3) is 0 Å². The molecular formula is C31H34N6OS. The van der Waals surface area contributed by atoms with E-state index in [1.54, 1.807) is 0 Å². The van der Waals surface area contributed by atoms with Gasteiger partial charge in [-0.2, -0.15) is 0 Å². The quantitative estimate of drug-likeness (QED) is 0.274. The van der Waals surface area contributed by atoms with Crippen molar-refractivity contribution in [3.8, 4) is 0 Å². The molecule has 1 fully saturated rings. The maximum Gasteiger partial charge on any atom is 0.226 e. The van der Waals surface area contributed by atoms with E-state index in [4.69, 9.17) is 12.2 Å². The van der Waals surface area contributed by atoms with Crippen LogP contribution in [0.4, 0.5) is 5.69 Å². The highest BCUT2D eigenvalue weighted by molar-refractivity contribution is 7.80. The number of benzene rings is 1. The van der Waals surface area contributed by atoms with Crippen LogP contribution in [0.3, 0.4) is 0 Å². The molecule has 1 amide bonds. The third-order valence-electron chi connectivity index (χ3n) is 7.47. The Kier molecular flexibility index (Phi) is 8.02. The molecule has 0 spiro atoms. The fourth-order valence-corrected chi connectivity index (χ4v) is 5.74. The number of carbonyl (C=O) groups is 1. The van der Waals surface area contributed by atoms with Crippen LogP contribution in [0.25, 0.3) is 0 Å². The first-order valence-electron chi connectivity index (χ1n) is 13.4. The van der Waals surface area contributed by atoms with E-state index >= 15 is 0 Å². The number of rotatable bonds is 9. The van der Waals surface area contributed by atoms with E-state index in [-0.39, 0.29) is 18.0 Å². The number of nitrogens with zero attached hydrogens (tertiary/aromatic N) is 4. The van der Waals surface area contributed by atoms with Crippen molar-refractivity contribution in [3.05, 3.63) is 113 Å². The highest BCUT2D eigenvalue weighted by Gasteiger charge is 2.41. The Bertz CT molecular complexity index is 1450. The van der Waals surface area contributed by atoms with Crippen LogP contribution >= 0.6 is 12.2 Å². The van der Waals surface area contributed by atoms with Crippen LogP contribution in [-0.2, 0) is 17.8 Å². The summed E-state index contributed by atoms with van der Waals surface area (Å²) in [4.78, 5) is 24.0. The van der Waals surface area contributed by atoms with Crippen molar-refractivity contribution in [3.63, 3.8) is 0 Å². The van der Waals surface area contributed by atoms with E-state index in [1.807, 2.05) is 73.2 Å². The smallest absolute Gasteiger partial charge is 0.226 e. The fraction of sp³-hybridized carbons (Fsp3) is 0.290. The molecule has 1 aliphatic rings. The predicted molar refractivity (Wildman–Crippen MR) is 158 cm³/mol. The van der Waals surface area contributed by atoms with Gasteiger partial charge < -0.3 is 20.1 Å². The second-order valence-electron chi connectivity index (χ2n) is 9.90. The summed E-state index contributed by atoms with van der Waals surface area (Å²) in [6, 6.07) is 20.0. The summed E-state index contributed by atoms with van der Waals surface area (Å²) in [6.07, 6.45) is 6.64. The standard InChI is InChI=1S/C31H34N6OS/c1-4-24-9-5-6-10-26(24)34-28(38)14-18-36-30(29(35-31(36)39)27-11-7-8-15-33-27)25-19-21(2)37(22(25)3)20-23-12-16-32-17-13-23/h5-13,15-17,19,29-30H,4,14,18,20H2,1-3H3,(H,34,38)(H,35,39)/t29-,30+/m1/s1. The lowest BCUT2D eigenvalue weighted by Gasteiger charge is -2.28. The number of hydrogen-bond acceptors (Lipinski definition) is 4. The minimum absolute atomic E-state index is 0.0260. The third-order valence-corrected chi connectivity index (χ3v) is 7.82. The molecule has 5 rings (SSSR count). The van der Waals surface area contributed by atoms with E-state index in [0.717, 1.165) is 29.9 Å². The Morgan fingerprint density at radius 1 is 1.05 bits per heavy atom. The van der Waals surface area contributed by atoms with Gasteiger partial charge in [0.2, 0.25) is 5.91 Å². The lowest BCUT2D eigenvalue weighted by Crippen LogP contribution is -2.33. The van der Waals surface area contributed by atoms with Crippen molar-refractivity contribution in [2.24, 2.45) is 0 Å². The second kappa shape index (κ2) is 11.8. The summed E-state index contributed by atoms with van der Waals surface area (Å²) in [5.41, 5.74) is 7.64. The van der Waals surface area contributed by atoms with Gasteiger partial charge in [0.15, 0.2) is 5.11 Å². The Balaban J connectivity index is 1.43. The van der Waals surface area contributed by atoms with Crippen molar-refractivity contribution < 1.29 is 4.79 Å². The van der Waals surface area contributed by atoms with Crippen LogP contribution in [0.5, 0.6) is 0 Å². The molecule has 2 N–H and O–H groups in total. The molecule has 39 heavy (non-hydrogen) atoms. The number of carbonyl (C=O) groups excluding carboxylic acids is 1. The van der Waals surface area contributed by atoms with Gasteiger partial charge in [0, 0.05) is 55.2 Å². The van der Waals surface area contributed by atoms with E-state index in [2.05, 4.69) is 56.9 Å². The second-order valence-corrected chi connectivity index (χ2v) is 10.3. The molecule has 1 aliphatic heterocycles. The first kappa shape index (κ1) is 26.6. The molecule has 200 valence electrons. The fourth-order valence-electron chi connectivity index (χ4n) is 5.41. The number of nitrogens with one attached hydrogen (secondary N) is 2. The van der Waals surface area contributed by atoms with Gasteiger partial charge in [-0.25, -0.2) is 0 Å². The number of hydrogen-bond donors (Lipinski definition) is 2. The summed E-state index contributed by atoms with van der Waals surface area (Å²) in [5, 5.41) is 7.25. The zero-order chi connectivity index (χ0) is 27.4. The number of para-hydroxylation sites is 1. The molecule has 3 aromatic heterocycles. The molecule has 8 heteroatoms. The number of thiocarbonyl (C=S) groups is 1. The summed E-state index contributed by atoms with van der Waals surface area (Å²) < 4.78 is 2.33. The van der Waals surface area contributed by atoms with Crippen LogP contribution in [0.1, 0.15) is 59.2 Å². The van der Waals surface area contributed by atoms with Crippen LogP contribution < -0.4 is 10.6 Å². The van der Waals surface area contributed by atoms with Gasteiger partial charge in [-0.3, -0.25) is 14.8 Å². The lowest BCUT2D eigenvalue weighted by molar-refractivity contribution is -0.116. The molecule has 1 aromatic carbocycles. The van der Waals surface area contributed by atoms with Gasteiger partial charge >= 0.3 is 0 Å². The predicted octanol–water partition coefficient (Wildman–Crippen LogP) is 5.51. The summed E-state index contributed by atoms with van der Waals surface area (Å²) >= 11 is 5.85. The zero-order valence-electron chi connectivity index (χ0n) is 22.6. The van der Waals surface area contributed by atoms with Gasteiger partial charge in [-0.05, 0) is 85.6 Å². The van der Waals surface area contributed by atoms with E-state index in [9.17, 15) is 4.79 Å². The highest BCUT2D eigenvalue weighted by atomic mass is 32.1. The van der Waals surface area contributed by atoms with Gasteiger partial charge in [0.1, 0.15) is 0 Å². The molecule has 0 aliphatic carbocycles. The van der Waals surface area contributed by atoms with Gasteiger partial charge in [-0.15, -0.1) is 0 Å². The summed E-state index contributed by atoms with van der Waals surface area (Å²) in [5.74, 6) is -0.0260. The third kappa shape index (κ3) is 5.71. The van der Waals surface area contributed by atoms with Crippen LogP contribution in [-0.4, -0.2) is 37.0 Å². The van der Waals surface area contributed by atoms with E-state index in [0.29, 0.717) is 18.1 Å². The molecule has 0 saturated carbocycles. The molecule has 0 bridgehead atoms. The SMILES string of the molecule is CCc1ccccc1NC(=O)CCN1C(=S)N[C@H](c2ccccn2)[C@@H]1c1cc(C)n(Cc2ccncc2)c1C. The molecule has 1 saturated heterocycles. The monoisotopic (exact) mass is 538 g/mol. The van der Waals surface area contributed by atoms with E-state index in [1.165, 1.54) is 22.5 Å². The topological polar surface area (TPSA) is 75.1 Å². The number of anilines is 1. The summed E-state index contributed by atoms with van der Waals surface area (Å²) in [7, 11) is 0. The van der Waals surface area contributed by atoms with Gasteiger partial charge in [-0.1, -0.05) is 31.2 Å². The largest absolute Gasteiger partial charge is 0.352 e. The van der Waals surface area contributed by atoms with Crippen molar-refractivity contribution >= 4 is 28.9 Å². The average molecular weight is 539 g/mol. The van der Waals surface area contributed by atoms with Crippen LogP contribution in [0.2, 0.25) is 0 Å². The molecular weight excluding hydrogens is 504 g/mol. The molecule has 4 heterocycles. The Morgan fingerprint density at radius 2 is 1.82 bits per heavy atom. The Labute approximate surface area is 235 Å². The number of aryl methyl sites for hydroxylation is 2. The number of amides is 1. The van der Waals surface area contributed by atoms with Gasteiger partial charge in [0.05, 0.1) is 17.8 Å². The zero-order valence-corrected chi connectivity index (χ0v) is 23.4. The molecule has 0 unspecified atom stereocenters. The van der Waals surface area contributed by atoms with E-state index < -0.39 is 0 Å². The Hall–Kier alpha value is -4.04.